The van der Waals surface area contributed by atoms with Crippen molar-refractivity contribution in [2.24, 2.45) is 7.05 Å². The first kappa shape index (κ1) is 23.3. The van der Waals surface area contributed by atoms with Crippen LogP contribution in [-0.4, -0.2) is 38.8 Å². The normalized spacial score (nSPS) is 14.2. The van der Waals surface area contributed by atoms with Crippen molar-refractivity contribution in [3.8, 4) is 11.4 Å². The first-order chi connectivity index (χ1) is 14.2. The van der Waals surface area contributed by atoms with E-state index in [-0.39, 0.29) is 22.6 Å². The molecule has 0 aliphatic heterocycles. The van der Waals surface area contributed by atoms with Gasteiger partial charge in [-0.2, -0.15) is 13.2 Å². The van der Waals surface area contributed by atoms with E-state index in [2.05, 4.69) is 9.97 Å². The molecule has 168 valence electrons. The SMILES string of the molecule is CCS(=O)(=O)c1cc(C(F)(F)F)ccc1-c1nc2cc([S+]([O-])C(F)(F)F)cnc2n1C. The summed E-state index contributed by atoms with van der Waals surface area (Å²) < 4.78 is 115. The number of aromatic nitrogens is 3. The van der Waals surface area contributed by atoms with Crippen LogP contribution in [-0.2, 0) is 34.2 Å². The van der Waals surface area contributed by atoms with Crippen molar-refractivity contribution >= 4 is 32.2 Å². The van der Waals surface area contributed by atoms with Crippen LogP contribution in [0.15, 0.2) is 40.3 Å². The van der Waals surface area contributed by atoms with E-state index in [9.17, 15) is 39.3 Å². The Bertz CT molecular complexity index is 1250. The van der Waals surface area contributed by atoms with Crippen molar-refractivity contribution in [1.29, 1.82) is 0 Å². The molecule has 0 saturated carbocycles. The molecular weight excluding hydrogens is 472 g/mol. The van der Waals surface area contributed by atoms with Crippen molar-refractivity contribution in [3.05, 3.63) is 36.0 Å². The number of pyridine rings is 1. The summed E-state index contributed by atoms with van der Waals surface area (Å²) in [5.41, 5.74) is -6.48. The van der Waals surface area contributed by atoms with Gasteiger partial charge in [0.05, 0.1) is 22.4 Å². The zero-order valence-electron chi connectivity index (χ0n) is 15.7. The lowest BCUT2D eigenvalue weighted by Crippen LogP contribution is -2.23. The fraction of sp³-hybridized carbons (Fsp3) is 0.294. The first-order valence-electron chi connectivity index (χ1n) is 8.42. The maximum absolute atomic E-state index is 13.1. The number of nitrogens with zero attached hydrogens (tertiary/aromatic N) is 3. The second kappa shape index (κ2) is 7.67. The predicted molar refractivity (Wildman–Crippen MR) is 99.1 cm³/mol. The van der Waals surface area contributed by atoms with Gasteiger partial charge in [-0.25, -0.2) is 18.4 Å². The second-order valence-electron chi connectivity index (χ2n) is 6.33. The Labute approximate surface area is 175 Å². The summed E-state index contributed by atoms with van der Waals surface area (Å²) in [4.78, 5) is 6.58. The van der Waals surface area contributed by atoms with Crippen molar-refractivity contribution in [2.45, 2.75) is 28.4 Å². The van der Waals surface area contributed by atoms with E-state index < -0.39 is 53.8 Å². The van der Waals surface area contributed by atoms with E-state index >= 15 is 0 Å². The average Bonchev–Trinajstić information content (AvgIpc) is 3.01. The van der Waals surface area contributed by atoms with Crippen molar-refractivity contribution in [2.75, 3.05) is 5.75 Å². The molecule has 2 aromatic heterocycles. The van der Waals surface area contributed by atoms with Crippen molar-refractivity contribution in [3.63, 3.8) is 0 Å². The quantitative estimate of drug-likeness (QED) is 0.411. The number of rotatable bonds is 4. The summed E-state index contributed by atoms with van der Waals surface area (Å²) in [6, 6.07) is 2.99. The van der Waals surface area contributed by atoms with Crippen molar-refractivity contribution in [1.82, 2.24) is 14.5 Å². The van der Waals surface area contributed by atoms with Crippen LogP contribution in [0.2, 0.25) is 0 Å². The van der Waals surface area contributed by atoms with Gasteiger partial charge in [0.2, 0.25) is 0 Å². The Morgan fingerprint density at radius 3 is 2.32 bits per heavy atom. The van der Waals surface area contributed by atoms with Crippen LogP contribution in [0.1, 0.15) is 12.5 Å². The molecule has 0 spiro atoms. The van der Waals surface area contributed by atoms with E-state index in [1.54, 1.807) is 0 Å². The molecule has 0 radical (unpaired) electrons. The minimum Gasteiger partial charge on any atom is -0.604 e. The molecule has 3 rings (SSSR count). The van der Waals surface area contributed by atoms with Crippen LogP contribution >= 0.6 is 0 Å². The van der Waals surface area contributed by atoms with Gasteiger partial charge in [0, 0.05) is 18.7 Å². The minimum absolute atomic E-state index is 0.0256. The number of hydrogen-bond acceptors (Lipinski definition) is 5. The number of aryl methyl sites for hydroxylation is 1. The van der Waals surface area contributed by atoms with Gasteiger partial charge in [-0.1, -0.05) is 6.92 Å². The van der Waals surface area contributed by atoms with Crippen LogP contribution in [0.3, 0.4) is 0 Å². The Morgan fingerprint density at radius 1 is 1.13 bits per heavy atom. The van der Waals surface area contributed by atoms with E-state index in [0.717, 1.165) is 18.3 Å². The number of hydrogen-bond donors (Lipinski definition) is 0. The van der Waals surface area contributed by atoms with Crippen LogP contribution in [0.4, 0.5) is 26.3 Å². The maximum Gasteiger partial charge on any atom is 0.578 e. The van der Waals surface area contributed by atoms with E-state index in [0.29, 0.717) is 12.1 Å². The summed E-state index contributed by atoms with van der Waals surface area (Å²) in [7, 11) is -2.75. The standard InChI is InChI=1S/C17H13F6N3O3S2/c1-3-31(28,29)13-6-9(16(18,19)20)4-5-11(13)14-25-12-7-10(30(27)17(21,22)23)8-24-15(12)26(14)2/h4-8H,3H2,1-2H3. The summed E-state index contributed by atoms with van der Waals surface area (Å²) >= 11 is -3.36. The smallest absolute Gasteiger partial charge is 0.578 e. The number of alkyl halides is 6. The molecule has 1 aromatic carbocycles. The summed E-state index contributed by atoms with van der Waals surface area (Å²) in [6.07, 6.45) is -4.05. The van der Waals surface area contributed by atoms with Gasteiger partial charge in [-0.15, -0.1) is 13.2 Å². The summed E-state index contributed by atoms with van der Waals surface area (Å²) in [5.74, 6) is -0.615. The number of fused-ring (bicyclic) bond motifs is 1. The maximum atomic E-state index is 13.1. The second-order valence-corrected chi connectivity index (χ2v) is 10.1. The highest BCUT2D eigenvalue weighted by Gasteiger charge is 2.46. The fourth-order valence-corrected chi connectivity index (χ4v) is 4.58. The van der Waals surface area contributed by atoms with Gasteiger partial charge in [0.15, 0.2) is 20.4 Å². The highest BCUT2D eigenvalue weighted by atomic mass is 32.2. The third-order valence-corrected chi connectivity index (χ3v) is 7.21. The van der Waals surface area contributed by atoms with Gasteiger partial charge < -0.3 is 9.12 Å². The Morgan fingerprint density at radius 2 is 1.77 bits per heavy atom. The molecule has 2 heterocycles. The summed E-state index contributed by atoms with van der Waals surface area (Å²) in [5, 5.41) is 0. The van der Waals surface area contributed by atoms with Gasteiger partial charge >= 0.3 is 11.7 Å². The topological polar surface area (TPSA) is 87.9 Å². The number of halogens is 6. The molecule has 0 N–H and O–H groups in total. The molecule has 1 atom stereocenters. The largest absolute Gasteiger partial charge is 0.604 e. The molecule has 3 aromatic rings. The molecular formula is C17H13F6N3O3S2. The molecule has 0 fully saturated rings. The molecule has 0 aliphatic carbocycles. The molecule has 6 nitrogen and oxygen atoms in total. The summed E-state index contributed by atoms with van der Waals surface area (Å²) in [6.45, 7) is 1.26. The van der Waals surface area contributed by atoms with Crippen LogP contribution < -0.4 is 0 Å². The third kappa shape index (κ3) is 4.36. The lowest BCUT2D eigenvalue weighted by molar-refractivity contribution is -0.137. The first-order valence-corrected chi connectivity index (χ1v) is 11.2. The third-order valence-electron chi connectivity index (χ3n) is 4.37. The van der Waals surface area contributed by atoms with Crippen LogP contribution in [0.5, 0.6) is 0 Å². The van der Waals surface area contributed by atoms with Crippen molar-refractivity contribution < 1.29 is 39.3 Å². The van der Waals surface area contributed by atoms with Gasteiger partial charge in [-0.3, -0.25) is 0 Å². The lowest BCUT2D eigenvalue weighted by atomic mass is 10.1. The zero-order valence-corrected chi connectivity index (χ0v) is 17.4. The molecule has 0 saturated heterocycles. The molecule has 0 bridgehead atoms. The number of sulfone groups is 1. The van der Waals surface area contributed by atoms with Crippen LogP contribution in [0, 0.1) is 0 Å². The average molecular weight is 485 g/mol. The Balaban J connectivity index is 2.25. The molecule has 14 heteroatoms. The Hall–Kier alpha value is -2.32. The number of imidazole rings is 1. The molecule has 31 heavy (non-hydrogen) atoms. The predicted octanol–water partition coefficient (Wildman–Crippen LogP) is 4.08. The van der Waals surface area contributed by atoms with Gasteiger partial charge in [-0.05, 0) is 18.2 Å². The molecule has 0 aliphatic rings. The monoisotopic (exact) mass is 485 g/mol. The van der Waals surface area contributed by atoms with E-state index in [4.69, 9.17) is 0 Å². The van der Waals surface area contributed by atoms with Gasteiger partial charge in [0.1, 0.15) is 22.5 Å². The van der Waals surface area contributed by atoms with Crippen LogP contribution in [0.25, 0.3) is 22.6 Å². The minimum atomic E-state index is -5.03. The highest BCUT2D eigenvalue weighted by molar-refractivity contribution is 7.92. The lowest BCUT2D eigenvalue weighted by Gasteiger charge is -2.13. The van der Waals surface area contributed by atoms with Gasteiger partial charge in [0.25, 0.3) is 0 Å². The van der Waals surface area contributed by atoms with E-state index in [1.165, 1.54) is 18.5 Å². The highest BCUT2D eigenvalue weighted by Crippen LogP contribution is 2.37. The molecule has 0 amide bonds. The number of benzene rings is 1. The Kier molecular flexibility index (Phi) is 5.78. The fourth-order valence-electron chi connectivity index (χ4n) is 2.83. The van der Waals surface area contributed by atoms with E-state index in [1.807, 2.05) is 0 Å². The zero-order chi connectivity index (χ0) is 23.4. The molecule has 1 unspecified atom stereocenters.